The van der Waals surface area contributed by atoms with E-state index in [1.54, 1.807) is 12.2 Å². The molecule has 0 spiro atoms. The van der Waals surface area contributed by atoms with Gasteiger partial charge < -0.3 is 17.5 Å². The molecule has 0 atom stereocenters. The Kier molecular flexibility index (Phi) is 51.5. The first-order chi connectivity index (χ1) is 26.1. The van der Waals surface area contributed by atoms with E-state index in [0.717, 1.165) is 51.0 Å². The molecule has 0 aromatic rings. The minimum absolute atomic E-state index is 0. The minimum Gasteiger partial charge on any atom is -0.716 e. The van der Waals surface area contributed by atoms with Gasteiger partial charge in [0, 0.05) is 0 Å². The summed E-state index contributed by atoms with van der Waals surface area (Å²) in [6, 6.07) is 0. The van der Waals surface area contributed by atoms with Gasteiger partial charge in [0.2, 0.25) is 0 Å². The van der Waals surface area contributed by atoms with Gasteiger partial charge in [-0.3, -0.25) is 0 Å². The van der Waals surface area contributed by atoms with Crippen LogP contribution in [-0.4, -0.2) is 49.0 Å². The molecule has 0 heterocycles. The summed E-state index contributed by atoms with van der Waals surface area (Å²) in [7, 11) is -9.17. The Balaban J connectivity index is -0.000000966. The zero-order valence-electron chi connectivity index (χ0n) is 36.0. The molecule has 0 aliphatic rings. The van der Waals surface area contributed by atoms with Gasteiger partial charge in [0.05, 0.1) is 0 Å². The van der Waals surface area contributed by atoms with Crippen molar-refractivity contribution >= 4 is 43.9 Å². The molecule has 324 valence electrons. The van der Waals surface area contributed by atoms with E-state index in [1.165, 1.54) is 205 Å². The average Bonchev–Trinajstić information content (AvgIpc) is 3.12. The second kappa shape index (κ2) is 48.0. The molecule has 55 heavy (non-hydrogen) atoms. The largest absolute Gasteiger partial charge is 2.00 e. The molecular weight excluding hydrogens is 745 g/mol. The number of allylic oxidation sites excluding steroid dienone is 2. The fourth-order valence-electron chi connectivity index (χ4n) is 6.68. The average molecular weight is 832 g/mol. The monoisotopic (exact) mass is 831 g/mol. The zero-order valence-corrected chi connectivity index (χ0v) is 39.0. The van der Waals surface area contributed by atoms with Crippen LogP contribution in [-0.2, 0) is 29.2 Å². The van der Waals surface area contributed by atoms with E-state index >= 15 is 0 Å². The number of unbranched alkanes of at least 4 members (excludes halogenated alkanes) is 36. The van der Waals surface area contributed by atoms with Crippen LogP contribution < -0.4 is 0 Å². The number of rotatable bonds is 42. The summed E-state index contributed by atoms with van der Waals surface area (Å²) >= 11 is 0. The number of hydrogen-bond acceptors (Lipinski definition) is 8. The Morgan fingerprint density at radius 3 is 0.655 bits per heavy atom. The fourth-order valence-corrected chi connectivity index (χ4v) is 7.11. The van der Waals surface area contributed by atoms with E-state index in [4.69, 9.17) is 0 Å². The van der Waals surface area contributed by atoms with Crippen molar-refractivity contribution in [3.05, 3.63) is 24.7 Å². The first-order valence-corrected chi connectivity index (χ1v) is 25.4. The topological polar surface area (TPSA) is 133 Å². The predicted molar refractivity (Wildman–Crippen MR) is 232 cm³/mol. The molecule has 0 aromatic heterocycles. The van der Waals surface area contributed by atoms with Crippen molar-refractivity contribution in [1.82, 2.24) is 0 Å². The standard InChI is InChI=1S/2C22H44O4S.Mg/c2*1-2-3-4-5-6-7-8-9-10-11-12-13-14-15-16-17-18-19-20-21-22-26-27(23,24)25;/h2*21-22H,2-20H2,1H3,(H,23,24,25);/q;;+2/p-2/b2*22-21+;. The molecule has 0 saturated heterocycles. The van der Waals surface area contributed by atoms with Gasteiger partial charge in [-0.05, 0) is 37.8 Å². The zero-order chi connectivity index (χ0) is 40.1. The molecule has 0 aliphatic heterocycles. The van der Waals surface area contributed by atoms with Crippen LogP contribution >= 0.6 is 0 Å². The Hall–Kier alpha value is -0.334. The molecule has 11 heteroatoms. The van der Waals surface area contributed by atoms with E-state index in [-0.39, 0.29) is 23.1 Å². The summed E-state index contributed by atoms with van der Waals surface area (Å²) in [5.41, 5.74) is 0. The van der Waals surface area contributed by atoms with Gasteiger partial charge in [0.25, 0.3) is 20.8 Å². The van der Waals surface area contributed by atoms with Crippen LogP contribution in [0, 0.1) is 0 Å². The van der Waals surface area contributed by atoms with Gasteiger partial charge in [-0.2, -0.15) is 0 Å². The van der Waals surface area contributed by atoms with E-state index < -0.39 is 20.8 Å². The first kappa shape index (κ1) is 59.0. The van der Waals surface area contributed by atoms with Crippen LogP contribution in [0.15, 0.2) is 24.7 Å². The molecule has 8 nitrogen and oxygen atoms in total. The number of hydrogen-bond donors (Lipinski definition) is 0. The van der Waals surface area contributed by atoms with Crippen LogP contribution in [0.5, 0.6) is 0 Å². The van der Waals surface area contributed by atoms with E-state index in [1.807, 2.05) is 0 Å². The van der Waals surface area contributed by atoms with Gasteiger partial charge in [0.15, 0.2) is 0 Å². The van der Waals surface area contributed by atoms with Crippen molar-refractivity contribution < 1.29 is 34.3 Å². The quantitative estimate of drug-likeness (QED) is 0.0195. The molecule has 0 rings (SSSR count). The van der Waals surface area contributed by atoms with E-state index in [9.17, 15) is 25.9 Å². The fraction of sp³-hybridized carbons (Fsp3) is 0.909. The Morgan fingerprint density at radius 2 is 0.491 bits per heavy atom. The van der Waals surface area contributed by atoms with Crippen LogP contribution in [0.1, 0.15) is 258 Å². The Morgan fingerprint density at radius 1 is 0.327 bits per heavy atom. The van der Waals surface area contributed by atoms with Crippen LogP contribution in [0.4, 0.5) is 0 Å². The van der Waals surface area contributed by atoms with Crippen molar-refractivity contribution in [2.75, 3.05) is 0 Å². The molecule has 0 aromatic carbocycles. The van der Waals surface area contributed by atoms with Gasteiger partial charge in [-0.1, -0.05) is 232 Å². The van der Waals surface area contributed by atoms with E-state index in [2.05, 4.69) is 22.2 Å². The summed E-state index contributed by atoms with van der Waals surface area (Å²) in [6.07, 6.45) is 55.2. The maximum absolute atomic E-state index is 10.2. The van der Waals surface area contributed by atoms with Crippen LogP contribution in [0.2, 0.25) is 0 Å². The van der Waals surface area contributed by atoms with Crippen molar-refractivity contribution in [2.24, 2.45) is 0 Å². The molecule has 0 aliphatic carbocycles. The second-order valence-electron chi connectivity index (χ2n) is 15.4. The molecule has 0 bridgehead atoms. The van der Waals surface area contributed by atoms with Crippen LogP contribution in [0.3, 0.4) is 0 Å². The first-order valence-electron chi connectivity index (χ1n) is 22.7. The van der Waals surface area contributed by atoms with Gasteiger partial charge in [-0.15, -0.1) is 0 Å². The summed E-state index contributed by atoms with van der Waals surface area (Å²) in [5.74, 6) is 0. The molecule has 0 fully saturated rings. The molecular formula is C44H86MgO8S2. The van der Waals surface area contributed by atoms with Gasteiger partial charge >= 0.3 is 23.1 Å². The van der Waals surface area contributed by atoms with E-state index in [0.29, 0.717) is 0 Å². The minimum atomic E-state index is -4.59. The Bertz CT molecular complexity index is 923. The molecule has 0 unspecified atom stereocenters. The summed E-state index contributed by atoms with van der Waals surface area (Å²) in [4.78, 5) is 0. The third kappa shape index (κ3) is 63.1. The Labute approximate surface area is 358 Å². The summed E-state index contributed by atoms with van der Waals surface area (Å²) in [6.45, 7) is 4.55. The van der Waals surface area contributed by atoms with Gasteiger partial charge in [-0.25, -0.2) is 16.8 Å². The smallest absolute Gasteiger partial charge is 0.716 e. The summed E-state index contributed by atoms with van der Waals surface area (Å²) < 4.78 is 69.2. The molecule has 0 radical (unpaired) electrons. The molecule has 0 amide bonds. The maximum Gasteiger partial charge on any atom is 2.00 e. The maximum atomic E-state index is 10.2. The van der Waals surface area contributed by atoms with Crippen molar-refractivity contribution in [3.8, 4) is 0 Å². The predicted octanol–water partition coefficient (Wildman–Crippen LogP) is 14.4. The van der Waals surface area contributed by atoms with Gasteiger partial charge in [0.1, 0.15) is 12.5 Å². The van der Waals surface area contributed by atoms with Crippen LogP contribution in [0.25, 0.3) is 0 Å². The molecule has 0 saturated carbocycles. The third-order valence-electron chi connectivity index (χ3n) is 9.99. The van der Waals surface area contributed by atoms with Crippen molar-refractivity contribution in [2.45, 2.75) is 258 Å². The van der Waals surface area contributed by atoms with Crippen molar-refractivity contribution in [1.29, 1.82) is 0 Å². The summed E-state index contributed by atoms with van der Waals surface area (Å²) in [5, 5.41) is 0. The molecule has 0 N–H and O–H groups in total. The third-order valence-corrected chi connectivity index (χ3v) is 10.7. The SMILES string of the molecule is CCCCCCCCCCCCCCCCCCCC/C=C/OS(=O)(=O)[O-].CCCCCCCCCCCCCCCCCCCC/C=C/OS(=O)(=O)[O-].[Mg+2]. The second-order valence-corrected chi connectivity index (χ2v) is 17.4. The normalized spacial score (nSPS) is 11.9. The van der Waals surface area contributed by atoms with Crippen molar-refractivity contribution in [3.63, 3.8) is 0 Å².